The lowest BCUT2D eigenvalue weighted by atomic mass is 10.6. The second kappa shape index (κ2) is 4.18. The van der Waals surface area contributed by atoms with Crippen molar-refractivity contribution in [2.24, 2.45) is 12.8 Å². The summed E-state index contributed by atoms with van der Waals surface area (Å²) < 4.78 is 6.93. The van der Waals surface area contributed by atoms with Crippen LogP contribution in [0.25, 0.3) is 0 Å². The maximum absolute atomic E-state index is 5.27. The summed E-state index contributed by atoms with van der Waals surface area (Å²) >= 11 is 0. The van der Waals surface area contributed by atoms with Crippen molar-refractivity contribution in [2.75, 3.05) is 13.2 Å². The summed E-state index contributed by atoms with van der Waals surface area (Å²) in [5.41, 5.74) is 5.27. The smallest absolute Gasteiger partial charge is 0.152 e. The zero-order chi connectivity index (χ0) is 8.97. The number of aryl methyl sites for hydroxylation is 2. The number of nitrogens with zero attached hydrogens (tertiary/aromatic N) is 3. The zero-order valence-electron chi connectivity index (χ0n) is 7.45. The molecule has 1 aromatic heterocycles. The quantitative estimate of drug-likeness (QED) is 0.624. The van der Waals surface area contributed by atoms with E-state index >= 15 is 0 Å². The van der Waals surface area contributed by atoms with E-state index in [1.165, 1.54) is 0 Å². The van der Waals surface area contributed by atoms with E-state index in [1.54, 1.807) is 4.68 Å². The van der Waals surface area contributed by atoms with Crippen molar-refractivity contribution in [3.63, 3.8) is 0 Å². The highest BCUT2D eigenvalue weighted by atomic mass is 16.5. The highest BCUT2D eigenvalue weighted by Crippen LogP contribution is 1.96. The number of nitrogens with two attached hydrogens (primary N) is 1. The molecule has 0 amide bonds. The third-order valence-corrected chi connectivity index (χ3v) is 1.45. The van der Waals surface area contributed by atoms with E-state index in [0.29, 0.717) is 19.8 Å². The summed E-state index contributed by atoms with van der Waals surface area (Å²) in [5, 5.41) is 4.08. The molecule has 0 saturated carbocycles. The SMILES string of the molecule is Cc1nc(COCCN)n(C)n1. The van der Waals surface area contributed by atoms with Crippen molar-refractivity contribution in [3.8, 4) is 0 Å². The van der Waals surface area contributed by atoms with Crippen LogP contribution in [0.15, 0.2) is 0 Å². The van der Waals surface area contributed by atoms with Gasteiger partial charge in [-0.3, -0.25) is 4.68 Å². The van der Waals surface area contributed by atoms with Gasteiger partial charge in [-0.15, -0.1) is 0 Å². The van der Waals surface area contributed by atoms with E-state index in [4.69, 9.17) is 10.5 Å². The molecule has 0 aliphatic heterocycles. The molecule has 0 bridgehead atoms. The van der Waals surface area contributed by atoms with Gasteiger partial charge < -0.3 is 10.5 Å². The van der Waals surface area contributed by atoms with Gasteiger partial charge in [0.15, 0.2) is 5.82 Å². The first kappa shape index (κ1) is 9.15. The standard InChI is InChI=1S/C7H14N4O/c1-6-9-7(11(2)10-6)5-12-4-3-8/h3-5,8H2,1-2H3. The fourth-order valence-corrected chi connectivity index (χ4v) is 0.929. The Labute approximate surface area is 71.5 Å². The molecule has 0 fully saturated rings. The molecule has 1 aromatic rings. The summed E-state index contributed by atoms with van der Waals surface area (Å²) in [6.45, 7) is 3.43. The van der Waals surface area contributed by atoms with Crippen molar-refractivity contribution in [3.05, 3.63) is 11.6 Å². The first-order valence-corrected chi connectivity index (χ1v) is 3.88. The molecule has 0 spiro atoms. The Balaban J connectivity index is 2.45. The summed E-state index contributed by atoms with van der Waals surface area (Å²) in [6, 6.07) is 0. The Morgan fingerprint density at radius 1 is 1.58 bits per heavy atom. The van der Waals surface area contributed by atoms with Gasteiger partial charge in [0.1, 0.15) is 12.4 Å². The molecule has 0 saturated heterocycles. The zero-order valence-corrected chi connectivity index (χ0v) is 7.45. The maximum atomic E-state index is 5.27. The van der Waals surface area contributed by atoms with E-state index in [0.717, 1.165) is 11.6 Å². The van der Waals surface area contributed by atoms with Gasteiger partial charge in [-0.2, -0.15) is 5.10 Å². The molecule has 1 rings (SSSR count). The number of ether oxygens (including phenoxy) is 1. The minimum atomic E-state index is 0.481. The Morgan fingerprint density at radius 2 is 2.33 bits per heavy atom. The highest BCUT2D eigenvalue weighted by molar-refractivity contribution is 4.88. The molecule has 0 aromatic carbocycles. The van der Waals surface area contributed by atoms with Crippen LogP contribution in [0.1, 0.15) is 11.6 Å². The van der Waals surface area contributed by atoms with Gasteiger partial charge in [-0.1, -0.05) is 0 Å². The predicted molar refractivity (Wildman–Crippen MR) is 44.5 cm³/mol. The summed E-state index contributed by atoms with van der Waals surface area (Å²) in [7, 11) is 1.85. The molecule has 68 valence electrons. The lowest BCUT2D eigenvalue weighted by Gasteiger charge is -2.00. The first-order chi connectivity index (χ1) is 5.74. The Hall–Kier alpha value is -0.940. The molecule has 0 unspecified atom stereocenters. The van der Waals surface area contributed by atoms with Crippen LogP contribution in [0.3, 0.4) is 0 Å². The molecule has 0 radical (unpaired) electrons. The van der Waals surface area contributed by atoms with Crippen molar-refractivity contribution in [2.45, 2.75) is 13.5 Å². The average Bonchev–Trinajstić information content (AvgIpc) is 2.31. The topological polar surface area (TPSA) is 66.0 Å². The second-order valence-corrected chi connectivity index (χ2v) is 2.54. The minimum Gasteiger partial charge on any atom is -0.372 e. The maximum Gasteiger partial charge on any atom is 0.152 e. The van der Waals surface area contributed by atoms with E-state index in [-0.39, 0.29) is 0 Å². The molecular formula is C7H14N4O. The number of hydrogen-bond acceptors (Lipinski definition) is 4. The first-order valence-electron chi connectivity index (χ1n) is 3.88. The number of rotatable bonds is 4. The molecule has 0 atom stereocenters. The van der Waals surface area contributed by atoms with Crippen LogP contribution in [0.2, 0.25) is 0 Å². The van der Waals surface area contributed by atoms with Gasteiger partial charge in [0.2, 0.25) is 0 Å². The summed E-state index contributed by atoms with van der Waals surface area (Å²) in [6.07, 6.45) is 0. The lowest BCUT2D eigenvalue weighted by Crippen LogP contribution is -2.10. The van der Waals surface area contributed by atoms with Crippen LogP contribution in [0.4, 0.5) is 0 Å². The lowest BCUT2D eigenvalue weighted by molar-refractivity contribution is 0.120. The largest absolute Gasteiger partial charge is 0.372 e. The van der Waals surface area contributed by atoms with E-state index < -0.39 is 0 Å². The third-order valence-electron chi connectivity index (χ3n) is 1.45. The molecule has 12 heavy (non-hydrogen) atoms. The molecule has 0 aliphatic carbocycles. The van der Waals surface area contributed by atoms with Gasteiger partial charge in [0.25, 0.3) is 0 Å². The van der Waals surface area contributed by atoms with Crippen LogP contribution in [-0.4, -0.2) is 27.9 Å². The monoisotopic (exact) mass is 170 g/mol. The van der Waals surface area contributed by atoms with Crippen molar-refractivity contribution in [1.82, 2.24) is 14.8 Å². The van der Waals surface area contributed by atoms with Gasteiger partial charge in [0, 0.05) is 13.6 Å². The molecular weight excluding hydrogens is 156 g/mol. The van der Waals surface area contributed by atoms with Crippen molar-refractivity contribution < 1.29 is 4.74 Å². The van der Waals surface area contributed by atoms with Crippen LogP contribution in [0, 0.1) is 6.92 Å². The fraction of sp³-hybridized carbons (Fsp3) is 0.714. The van der Waals surface area contributed by atoms with Crippen LogP contribution < -0.4 is 5.73 Å². The van der Waals surface area contributed by atoms with Crippen LogP contribution >= 0.6 is 0 Å². The average molecular weight is 170 g/mol. The van der Waals surface area contributed by atoms with Gasteiger partial charge in [0.05, 0.1) is 6.61 Å². The molecule has 2 N–H and O–H groups in total. The van der Waals surface area contributed by atoms with Crippen LogP contribution in [0.5, 0.6) is 0 Å². The Kier molecular flexibility index (Phi) is 3.19. The van der Waals surface area contributed by atoms with Gasteiger partial charge in [-0.25, -0.2) is 4.98 Å². The Bertz CT molecular complexity index is 246. The van der Waals surface area contributed by atoms with E-state index in [9.17, 15) is 0 Å². The Morgan fingerprint density at radius 3 is 2.83 bits per heavy atom. The number of hydrogen-bond donors (Lipinski definition) is 1. The predicted octanol–water partition coefficient (Wildman–Crippen LogP) is -0.401. The molecule has 0 aliphatic rings. The summed E-state index contributed by atoms with van der Waals surface area (Å²) in [5.74, 6) is 1.60. The number of aromatic nitrogens is 3. The van der Waals surface area contributed by atoms with Crippen molar-refractivity contribution in [1.29, 1.82) is 0 Å². The molecule has 5 nitrogen and oxygen atoms in total. The molecule has 1 heterocycles. The third kappa shape index (κ3) is 2.28. The normalized spacial score (nSPS) is 10.6. The van der Waals surface area contributed by atoms with Crippen molar-refractivity contribution >= 4 is 0 Å². The highest BCUT2D eigenvalue weighted by Gasteiger charge is 2.02. The summed E-state index contributed by atoms with van der Waals surface area (Å²) in [4.78, 5) is 4.17. The minimum absolute atomic E-state index is 0.481. The second-order valence-electron chi connectivity index (χ2n) is 2.54. The van der Waals surface area contributed by atoms with E-state index in [1.807, 2.05) is 14.0 Å². The fourth-order valence-electron chi connectivity index (χ4n) is 0.929. The molecule has 5 heteroatoms. The van der Waals surface area contributed by atoms with Gasteiger partial charge in [-0.05, 0) is 6.92 Å². The van der Waals surface area contributed by atoms with Gasteiger partial charge >= 0.3 is 0 Å². The van der Waals surface area contributed by atoms with Crippen LogP contribution in [-0.2, 0) is 18.4 Å². The van der Waals surface area contributed by atoms with E-state index in [2.05, 4.69) is 10.1 Å².